The van der Waals surface area contributed by atoms with Crippen molar-refractivity contribution in [3.8, 4) is 11.3 Å². The number of rotatable bonds is 4. The van der Waals surface area contributed by atoms with E-state index in [1.807, 2.05) is 4.90 Å². The van der Waals surface area contributed by atoms with Gasteiger partial charge in [-0.15, -0.1) is 0 Å². The molecule has 0 aliphatic carbocycles. The minimum Gasteiger partial charge on any atom is -0.478 e. The zero-order valence-corrected chi connectivity index (χ0v) is 14.1. The number of carboxylic acids is 1. The summed E-state index contributed by atoms with van der Waals surface area (Å²) in [5, 5.41) is 9.04. The minimum atomic E-state index is -1.02. The predicted molar refractivity (Wildman–Crippen MR) is 90.9 cm³/mol. The third-order valence-electron chi connectivity index (χ3n) is 4.45. The minimum absolute atomic E-state index is 0.120. The van der Waals surface area contributed by atoms with Crippen LogP contribution in [0.15, 0.2) is 30.9 Å². The van der Waals surface area contributed by atoms with E-state index in [1.165, 1.54) is 12.3 Å². The average Bonchev–Trinajstić information content (AvgIpc) is 2.62. The molecule has 1 aliphatic heterocycles. The fourth-order valence-electron chi connectivity index (χ4n) is 3.12. The molecule has 0 radical (unpaired) electrons. The van der Waals surface area contributed by atoms with Crippen molar-refractivity contribution in [2.75, 3.05) is 13.1 Å². The molecule has 1 fully saturated rings. The molecule has 7 heteroatoms. The van der Waals surface area contributed by atoms with E-state index in [4.69, 9.17) is 5.11 Å². The molecule has 1 saturated heterocycles. The van der Waals surface area contributed by atoms with Gasteiger partial charge in [0.05, 0.1) is 23.1 Å². The van der Waals surface area contributed by atoms with E-state index in [0.717, 1.165) is 38.0 Å². The van der Waals surface area contributed by atoms with Gasteiger partial charge >= 0.3 is 5.97 Å². The topological polar surface area (TPSA) is 96.3 Å². The Balaban J connectivity index is 1.69. The van der Waals surface area contributed by atoms with Crippen molar-refractivity contribution in [1.29, 1.82) is 0 Å². The van der Waals surface area contributed by atoms with Crippen LogP contribution >= 0.6 is 0 Å². The highest BCUT2D eigenvalue weighted by atomic mass is 16.4. The van der Waals surface area contributed by atoms with Crippen LogP contribution in [0.5, 0.6) is 0 Å². The first-order chi connectivity index (χ1) is 12.0. The normalized spacial score (nSPS) is 17.3. The molecule has 1 amide bonds. The van der Waals surface area contributed by atoms with Gasteiger partial charge < -0.3 is 10.0 Å². The smallest absolute Gasteiger partial charge is 0.337 e. The van der Waals surface area contributed by atoms with Gasteiger partial charge in [0.1, 0.15) is 0 Å². The third kappa shape index (κ3) is 4.17. The van der Waals surface area contributed by atoms with E-state index in [-0.39, 0.29) is 11.5 Å². The maximum absolute atomic E-state index is 11.5. The van der Waals surface area contributed by atoms with Crippen LogP contribution in [0.25, 0.3) is 11.3 Å². The Bertz CT molecular complexity index is 776. The summed E-state index contributed by atoms with van der Waals surface area (Å²) in [6, 6.07) is 1.53. The fraction of sp³-hybridized carbons (Fsp3) is 0.389. The molecule has 25 heavy (non-hydrogen) atoms. The summed E-state index contributed by atoms with van der Waals surface area (Å²) in [5.41, 5.74) is 2.21. The Morgan fingerprint density at radius 2 is 2.08 bits per heavy atom. The van der Waals surface area contributed by atoms with E-state index in [9.17, 15) is 9.59 Å². The van der Waals surface area contributed by atoms with E-state index in [2.05, 4.69) is 15.0 Å². The van der Waals surface area contributed by atoms with E-state index < -0.39 is 5.97 Å². The highest BCUT2D eigenvalue weighted by Gasteiger charge is 2.22. The van der Waals surface area contributed by atoms with Crippen molar-refractivity contribution >= 4 is 11.9 Å². The molecule has 0 unspecified atom stereocenters. The largest absolute Gasteiger partial charge is 0.478 e. The molecule has 1 atom stereocenters. The molecule has 1 N–H and O–H groups in total. The molecule has 0 saturated carbocycles. The second-order valence-electron chi connectivity index (χ2n) is 6.34. The molecular formula is C18H20N4O3. The zero-order chi connectivity index (χ0) is 17.8. The fourth-order valence-corrected chi connectivity index (χ4v) is 3.12. The molecule has 130 valence electrons. The maximum Gasteiger partial charge on any atom is 0.337 e. The number of carbonyl (C=O) groups excluding carboxylic acids is 1. The summed E-state index contributed by atoms with van der Waals surface area (Å²) in [4.78, 5) is 37.2. The summed E-state index contributed by atoms with van der Waals surface area (Å²) < 4.78 is 0. The molecule has 2 aromatic heterocycles. The standard InChI is InChI=1S/C18H20N4O3/c1-12(23)22-4-2-3-13(11-22)5-16-9-21-17(10-20-16)14-6-15(18(24)25)8-19-7-14/h6-10,13H,2-5,11H2,1H3,(H,24,25)/t13-/m1/s1. The van der Waals surface area contributed by atoms with Crippen LogP contribution in [0, 0.1) is 5.92 Å². The molecule has 3 heterocycles. The SMILES string of the molecule is CC(=O)N1CCC[C@H](Cc2cnc(-c3cncc(C(=O)O)c3)cn2)C1. The Labute approximate surface area is 145 Å². The summed E-state index contributed by atoms with van der Waals surface area (Å²) in [6.45, 7) is 3.21. The highest BCUT2D eigenvalue weighted by Crippen LogP contribution is 2.21. The Hall–Kier alpha value is -2.83. The number of carbonyl (C=O) groups is 2. The number of nitrogens with zero attached hydrogens (tertiary/aromatic N) is 4. The van der Waals surface area contributed by atoms with Gasteiger partial charge in [0.25, 0.3) is 0 Å². The average molecular weight is 340 g/mol. The number of carboxylic acid groups (broad SMARTS) is 1. The number of likely N-dealkylation sites (tertiary alicyclic amines) is 1. The third-order valence-corrected chi connectivity index (χ3v) is 4.45. The van der Waals surface area contributed by atoms with Gasteiger partial charge in [0.15, 0.2) is 0 Å². The van der Waals surface area contributed by atoms with E-state index in [0.29, 0.717) is 17.2 Å². The zero-order valence-electron chi connectivity index (χ0n) is 14.1. The van der Waals surface area contributed by atoms with Crippen LogP contribution in [-0.4, -0.2) is 49.9 Å². The Morgan fingerprint density at radius 1 is 1.24 bits per heavy atom. The van der Waals surface area contributed by atoms with Crippen LogP contribution < -0.4 is 0 Å². The van der Waals surface area contributed by atoms with Crippen molar-refractivity contribution in [1.82, 2.24) is 19.9 Å². The lowest BCUT2D eigenvalue weighted by Gasteiger charge is -2.31. The first-order valence-electron chi connectivity index (χ1n) is 8.28. The maximum atomic E-state index is 11.5. The lowest BCUT2D eigenvalue weighted by Crippen LogP contribution is -2.39. The van der Waals surface area contributed by atoms with Gasteiger partial charge in [-0.3, -0.25) is 19.7 Å². The molecule has 7 nitrogen and oxygen atoms in total. The van der Waals surface area contributed by atoms with Gasteiger partial charge in [-0.05, 0) is 31.2 Å². The molecular weight excluding hydrogens is 320 g/mol. The van der Waals surface area contributed by atoms with Gasteiger partial charge in [-0.25, -0.2) is 4.79 Å². The first kappa shape index (κ1) is 17.0. The molecule has 1 aliphatic rings. The van der Waals surface area contributed by atoms with Crippen LogP contribution in [0.2, 0.25) is 0 Å². The van der Waals surface area contributed by atoms with Gasteiger partial charge in [-0.1, -0.05) is 0 Å². The second kappa shape index (κ2) is 7.38. The van der Waals surface area contributed by atoms with Crippen molar-refractivity contribution < 1.29 is 14.7 Å². The molecule has 0 bridgehead atoms. The van der Waals surface area contributed by atoms with E-state index in [1.54, 1.807) is 25.5 Å². The van der Waals surface area contributed by atoms with Gasteiger partial charge in [0.2, 0.25) is 5.91 Å². The van der Waals surface area contributed by atoms with Crippen LogP contribution in [0.1, 0.15) is 35.8 Å². The number of piperidine rings is 1. The van der Waals surface area contributed by atoms with Crippen molar-refractivity contribution in [3.05, 3.63) is 42.1 Å². The first-order valence-corrected chi connectivity index (χ1v) is 8.28. The van der Waals surface area contributed by atoms with Gasteiger partial charge in [-0.2, -0.15) is 0 Å². The van der Waals surface area contributed by atoms with Crippen LogP contribution in [0.4, 0.5) is 0 Å². The Morgan fingerprint density at radius 3 is 2.76 bits per heavy atom. The van der Waals surface area contributed by atoms with Crippen LogP contribution in [0.3, 0.4) is 0 Å². The van der Waals surface area contributed by atoms with Crippen molar-refractivity contribution in [2.45, 2.75) is 26.2 Å². The summed E-state index contributed by atoms with van der Waals surface area (Å²) in [5.74, 6) is -0.502. The Kier molecular flexibility index (Phi) is 5.02. The van der Waals surface area contributed by atoms with E-state index >= 15 is 0 Å². The predicted octanol–water partition coefficient (Wildman–Crippen LogP) is 2.04. The lowest BCUT2D eigenvalue weighted by atomic mass is 9.93. The monoisotopic (exact) mass is 340 g/mol. The molecule has 2 aromatic rings. The van der Waals surface area contributed by atoms with Crippen LogP contribution in [-0.2, 0) is 11.2 Å². The quantitative estimate of drug-likeness (QED) is 0.915. The van der Waals surface area contributed by atoms with Crippen molar-refractivity contribution in [3.63, 3.8) is 0 Å². The van der Waals surface area contributed by atoms with Gasteiger partial charge in [0, 0.05) is 44.2 Å². The summed E-state index contributed by atoms with van der Waals surface area (Å²) >= 11 is 0. The second-order valence-corrected chi connectivity index (χ2v) is 6.34. The van der Waals surface area contributed by atoms with Crippen molar-refractivity contribution in [2.24, 2.45) is 5.92 Å². The molecule has 0 aromatic carbocycles. The number of hydrogen-bond donors (Lipinski definition) is 1. The number of hydrogen-bond acceptors (Lipinski definition) is 5. The lowest BCUT2D eigenvalue weighted by molar-refractivity contribution is -0.130. The number of pyridine rings is 1. The molecule has 0 spiro atoms. The summed E-state index contributed by atoms with van der Waals surface area (Å²) in [6.07, 6.45) is 9.12. The number of aromatic nitrogens is 3. The highest BCUT2D eigenvalue weighted by molar-refractivity contribution is 5.88. The summed E-state index contributed by atoms with van der Waals surface area (Å²) in [7, 11) is 0. The number of amides is 1. The molecule has 3 rings (SSSR count). The number of aromatic carboxylic acids is 1.